The normalized spacial score (nSPS) is 16.3. The quantitative estimate of drug-likeness (QED) is 0.897. The van der Waals surface area contributed by atoms with Gasteiger partial charge >= 0.3 is 0 Å². The summed E-state index contributed by atoms with van der Waals surface area (Å²) in [5.74, 6) is 2.37. The molecule has 1 atom stereocenters. The van der Waals surface area contributed by atoms with Gasteiger partial charge in [0.2, 0.25) is 0 Å². The van der Waals surface area contributed by atoms with Crippen LogP contribution in [0.1, 0.15) is 26.9 Å². The van der Waals surface area contributed by atoms with Crippen LogP contribution in [0.3, 0.4) is 0 Å². The smallest absolute Gasteiger partial charge is 0.0646 e. The predicted molar refractivity (Wildman–Crippen MR) is 81.7 cm³/mol. The van der Waals surface area contributed by atoms with E-state index in [1.807, 2.05) is 47.4 Å². The lowest BCUT2D eigenvalue weighted by Crippen LogP contribution is -2.09. The van der Waals surface area contributed by atoms with Crippen LogP contribution < -0.4 is 5.73 Å². The molecule has 18 heavy (non-hydrogen) atoms. The molecule has 1 unspecified atom stereocenters. The van der Waals surface area contributed by atoms with Gasteiger partial charge in [0, 0.05) is 20.5 Å². The largest absolute Gasteiger partial charge is 0.320 e. The van der Waals surface area contributed by atoms with Gasteiger partial charge in [-0.25, -0.2) is 0 Å². The molecule has 1 aliphatic heterocycles. The lowest BCUT2D eigenvalue weighted by atomic mass is 10.1. The maximum atomic E-state index is 6.34. The molecule has 0 fully saturated rings. The van der Waals surface area contributed by atoms with E-state index < -0.39 is 0 Å². The third kappa shape index (κ3) is 2.45. The van der Waals surface area contributed by atoms with Crippen LogP contribution in [-0.2, 0) is 12.2 Å². The molecule has 0 saturated carbocycles. The minimum Gasteiger partial charge on any atom is -0.320 e. The lowest BCUT2D eigenvalue weighted by Gasteiger charge is -2.10. The molecule has 0 amide bonds. The molecule has 0 aliphatic carbocycles. The van der Waals surface area contributed by atoms with Gasteiger partial charge in [-0.2, -0.15) is 11.8 Å². The van der Waals surface area contributed by atoms with E-state index >= 15 is 0 Å². The first-order chi connectivity index (χ1) is 8.74. The molecule has 3 rings (SSSR count). The maximum Gasteiger partial charge on any atom is 0.0646 e. The zero-order valence-corrected chi connectivity index (χ0v) is 12.2. The lowest BCUT2D eigenvalue weighted by molar-refractivity contribution is 0.892. The number of aryl methyl sites for hydroxylation is 1. The minimum absolute atomic E-state index is 0.0516. The molecular weight excluding hydrogens is 282 g/mol. The summed E-state index contributed by atoms with van der Waals surface area (Å²) < 4.78 is 0. The summed E-state index contributed by atoms with van der Waals surface area (Å²) in [5, 5.41) is 0.750. The van der Waals surface area contributed by atoms with Crippen LogP contribution in [0, 0.1) is 0 Å². The molecule has 1 aromatic heterocycles. The van der Waals surface area contributed by atoms with Gasteiger partial charge in [-0.3, -0.25) is 0 Å². The zero-order chi connectivity index (χ0) is 12.5. The van der Waals surface area contributed by atoms with Crippen molar-refractivity contribution in [1.29, 1.82) is 0 Å². The molecule has 1 aromatic carbocycles. The summed E-state index contributed by atoms with van der Waals surface area (Å²) in [6, 6.07) is 10.1. The van der Waals surface area contributed by atoms with Crippen molar-refractivity contribution in [3.63, 3.8) is 0 Å². The fourth-order valence-electron chi connectivity index (χ4n) is 2.19. The number of halogens is 1. The van der Waals surface area contributed by atoms with E-state index in [9.17, 15) is 0 Å². The van der Waals surface area contributed by atoms with E-state index in [2.05, 4.69) is 6.07 Å². The van der Waals surface area contributed by atoms with Gasteiger partial charge in [0.1, 0.15) is 0 Å². The highest BCUT2D eigenvalue weighted by Crippen LogP contribution is 2.35. The Morgan fingerprint density at radius 3 is 2.94 bits per heavy atom. The molecule has 1 nitrogen and oxygen atoms in total. The fourth-order valence-corrected chi connectivity index (χ4v) is 4.79. The molecule has 0 spiro atoms. The Labute approximate surface area is 120 Å². The van der Waals surface area contributed by atoms with Gasteiger partial charge in [0.05, 0.1) is 6.04 Å². The first-order valence-corrected chi connectivity index (χ1v) is 8.29. The van der Waals surface area contributed by atoms with Crippen LogP contribution in [0.15, 0.2) is 30.3 Å². The Morgan fingerprint density at radius 2 is 2.17 bits per heavy atom. The van der Waals surface area contributed by atoms with E-state index in [1.165, 1.54) is 27.5 Å². The van der Waals surface area contributed by atoms with Gasteiger partial charge in [-0.1, -0.05) is 23.7 Å². The van der Waals surface area contributed by atoms with E-state index in [-0.39, 0.29) is 6.04 Å². The Balaban J connectivity index is 1.92. The van der Waals surface area contributed by atoms with Crippen molar-refractivity contribution in [2.45, 2.75) is 18.2 Å². The van der Waals surface area contributed by atoms with Gasteiger partial charge in [-0.05, 0) is 41.5 Å². The Bertz CT molecular complexity index is 541. The monoisotopic (exact) mass is 295 g/mol. The highest BCUT2D eigenvalue weighted by atomic mass is 35.5. The number of thiophene rings is 1. The molecule has 0 bridgehead atoms. The number of nitrogens with two attached hydrogens (primary N) is 1. The molecule has 1 aliphatic rings. The van der Waals surface area contributed by atoms with Crippen molar-refractivity contribution in [2.24, 2.45) is 5.73 Å². The SMILES string of the molecule is NC(c1cccc(Cl)c1)c1cc2c(s1)CCSC2. The third-order valence-corrected chi connectivity index (χ3v) is 5.72. The zero-order valence-electron chi connectivity index (χ0n) is 9.86. The number of fused-ring (bicyclic) bond motifs is 1. The van der Waals surface area contributed by atoms with Gasteiger partial charge in [0.15, 0.2) is 0 Å². The summed E-state index contributed by atoms with van der Waals surface area (Å²) in [4.78, 5) is 2.77. The first kappa shape index (κ1) is 12.5. The molecule has 4 heteroatoms. The molecule has 2 N–H and O–H groups in total. The van der Waals surface area contributed by atoms with Crippen molar-refractivity contribution >= 4 is 34.7 Å². The average molecular weight is 296 g/mol. The predicted octanol–water partition coefficient (Wildman–Crippen LogP) is 4.24. The Morgan fingerprint density at radius 1 is 1.28 bits per heavy atom. The fraction of sp³-hybridized carbons (Fsp3) is 0.286. The van der Waals surface area contributed by atoms with Crippen molar-refractivity contribution in [1.82, 2.24) is 0 Å². The van der Waals surface area contributed by atoms with Crippen LogP contribution in [0.25, 0.3) is 0 Å². The minimum atomic E-state index is -0.0516. The van der Waals surface area contributed by atoms with E-state index in [0.29, 0.717) is 0 Å². The van der Waals surface area contributed by atoms with Crippen LogP contribution >= 0.6 is 34.7 Å². The van der Waals surface area contributed by atoms with Crippen LogP contribution in [0.2, 0.25) is 5.02 Å². The highest BCUT2D eigenvalue weighted by Gasteiger charge is 2.18. The van der Waals surface area contributed by atoms with Crippen LogP contribution in [0.4, 0.5) is 0 Å². The second-order valence-corrected chi connectivity index (χ2v) is 7.14. The highest BCUT2D eigenvalue weighted by molar-refractivity contribution is 7.98. The summed E-state index contributed by atoms with van der Waals surface area (Å²) in [6.45, 7) is 0. The third-order valence-electron chi connectivity index (χ3n) is 3.16. The molecule has 2 aromatic rings. The molecule has 2 heterocycles. The van der Waals surface area contributed by atoms with Crippen molar-refractivity contribution < 1.29 is 0 Å². The Hall–Kier alpha value is -0.480. The molecule has 0 radical (unpaired) electrons. The number of hydrogen-bond donors (Lipinski definition) is 1. The molecule has 0 saturated heterocycles. The summed E-state index contributed by atoms with van der Waals surface area (Å²) in [5.41, 5.74) is 8.91. The number of rotatable bonds is 2. The Kier molecular flexibility index (Phi) is 3.66. The van der Waals surface area contributed by atoms with Crippen molar-refractivity contribution in [3.8, 4) is 0 Å². The van der Waals surface area contributed by atoms with Crippen molar-refractivity contribution in [3.05, 3.63) is 56.2 Å². The van der Waals surface area contributed by atoms with E-state index in [4.69, 9.17) is 17.3 Å². The number of thioether (sulfide) groups is 1. The standard InChI is InChI=1S/C14H14ClNS2/c15-11-3-1-2-9(6-11)14(16)13-7-10-8-17-5-4-12(10)18-13/h1-3,6-7,14H,4-5,8,16H2. The second-order valence-electron chi connectivity index (χ2n) is 4.43. The first-order valence-electron chi connectivity index (χ1n) is 5.94. The van der Waals surface area contributed by atoms with Crippen LogP contribution in [0.5, 0.6) is 0 Å². The number of benzene rings is 1. The topological polar surface area (TPSA) is 26.0 Å². The maximum absolute atomic E-state index is 6.34. The molecule has 94 valence electrons. The second kappa shape index (κ2) is 5.25. The summed E-state index contributed by atoms with van der Waals surface area (Å²) in [7, 11) is 0. The van der Waals surface area contributed by atoms with Gasteiger partial charge < -0.3 is 5.73 Å². The van der Waals surface area contributed by atoms with E-state index in [1.54, 1.807) is 0 Å². The molecular formula is C14H14ClNS2. The van der Waals surface area contributed by atoms with E-state index in [0.717, 1.165) is 16.3 Å². The van der Waals surface area contributed by atoms with Gasteiger partial charge in [0.25, 0.3) is 0 Å². The number of hydrogen-bond acceptors (Lipinski definition) is 3. The van der Waals surface area contributed by atoms with Crippen molar-refractivity contribution in [2.75, 3.05) is 5.75 Å². The average Bonchev–Trinajstić information content (AvgIpc) is 2.81. The summed E-state index contributed by atoms with van der Waals surface area (Å²) >= 11 is 9.89. The summed E-state index contributed by atoms with van der Waals surface area (Å²) in [6.07, 6.45) is 1.19. The van der Waals surface area contributed by atoms with Gasteiger partial charge in [-0.15, -0.1) is 11.3 Å². The van der Waals surface area contributed by atoms with Crippen LogP contribution in [-0.4, -0.2) is 5.75 Å².